The molecule has 0 bridgehead atoms. The Hall–Kier alpha value is -2.55. The molecule has 3 aromatic rings. The fourth-order valence-electron chi connectivity index (χ4n) is 3.92. The van der Waals surface area contributed by atoms with E-state index >= 15 is 4.39 Å². The maximum atomic E-state index is 15.1. The Morgan fingerprint density at radius 1 is 1.12 bits per heavy atom. The first-order valence-corrected chi connectivity index (χ1v) is 12.4. The largest absolute Gasteiger partial charge is 0.415 e. The summed E-state index contributed by atoms with van der Waals surface area (Å²) in [5.74, 6) is -3.49. The van der Waals surface area contributed by atoms with Gasteiger partial charge in [-0.25, -0.2) is 18.3 Å². The van der Waals surface area contributed by atoms with Crippen LogP contribution in [0.2, 0.25) is 0 Å². The number of thioether (sulfide) groups is 1. The van der Waals surface area contributed by atoms with Crippen LogP contribution in [-0.2, 0) is 22.2 Å². The molecule has 2 aromatic carbocycles. The van der Waals surface area contributed by atoms with Crippen LogP contribution in [0.25, 0.3) is 11.5 Å². The van der Waals surface area contributed by atoms with Gasteiger partial charge >= 0.3 is 6.43 Å². The van der Waals surface area contributed by atoms with Crippen LogP contribution in [0.4, 0.5) is 22.0 Å². The van der Waals surface area contributed by atoms with Gasteiger partial charge < -0.3 is 4.42 Å². The Morgan fingerprint density at radius 2 is 1.88 bits per heavy atom. The number of aromatic nitrogens is 2. The highest BCUT2D eigenvalue weighted by Crippen LogP contribution is 2.42. The molecule has 7 nitrogen and oxygen atoms in total. The maximum Gasteiger partial charge on any atom is 0.314 e. The van der Waals surface area contributed by atoms with Crippen LogP contribution in [0.15, 0.2) is 40.8 Å². The highest BCUT2D eigenvalue weighted by atomic mass is 32.2. The molecule has 1 aromatic heterocycles. The second-order valence-electron chi connectivity index (χ2n) is 7.55. The molecule has 0 aliphatic carbocycles. The third kappa shape index (κ3) is 4.67. The van der Waals surface area contributed by atoms with Crippen LogP contribution >= 0.6 is 11.8 Å². The number of hydrogen-bond donors (Lipinski definition) is 1. The number of nitrogens with zero attached hydrogens (tertiary/aromatic N) is 3. The van der Waals surface area contributed by atoms with Crippen LogP contribution in [0.5, 0.6) is 0 Å². The number of alkyl halides is 2. The number of benzene rings is 2. The van der Waals surface area contributed by atoms with Gasteiger partial charge in [0.15, 0.2) is 0 Å². The van der Waals surface area contributed by atoms with Gasteiger partial charge in [-0.15, -0.1) is 10.2 Å². The normalized spacial score (nSPS) is 19.6. The van der Waals surface area contributed by atoms with Crippen LogP contribution in [-0.4, -0.2) is 41.0 Å². The summed E-state index contributed by atoms with van der Waals surface area (Å²) < 4.78 is 100. The lowest BCUT2D eigenvalue weighted by atomic mass is 9.84. The lowest BCUT2D eigenvalue weighted by Gasteiger charge is -2.45. The first-order chi connectivity index (χ1) is 16.0. The van der Waals surface area contributed by atoms with Gasteiger partial charge in [0.05, 0.1) is 5.54 Å². The van der Waals surface area contributed by atoms with E-state index in [2.05, 4.69) is 10.2 Å². The SMILES string of the molecule is NS(=O)(=O)N1CCSCC1(Cc1ccc(-c2nnc(C(F)F)o2)cc1F)c1cc(F)ccc1F. The van der Waals surface area contributed by atoms with Crippen LogP contribution < -0.4 is 5.14 Å². The van der Waals surface area contributed by atoms with Gasteiger partial charge in [0.25, 0.3) is 16.1 Å². The number of halogens is 5. The molecular weight excluding hydrogens is 503 g/mol. The van der Waals surface area contributed by atoms with Crippen molar-refractivity contribution in [3.8, 4) is 11.5 Å². The molecule has 0 spiro atoms. The molecule has 2 heterocycles. The lowest BCUT2D eigenvalue weighted by molar-refractivity contribution is 0.116. The molecule has 14 heteroatoms. The van der Waals surface area contributed by atoms with Crippen molar-refractivity contribution >= 4 is 22.0 Å². The summed E-state index contributed by atoms with van der Waals surface area (Å²) in [4.78, 5) is 0. The molecule has 4 rings (SSSR count). The summed E-state index contributed by atoms with van der Waals surface area (Å²) in [6.45, 7) is -0.0997. The zero-order valence-electron chi connectivity index (χ0n) is 17.2. The summed E-state index contributed by atoms with van der Waals surface area (Å²) >= 11 is 1.28. The zero-order chi connectivity index (χ0) is 24.7. The molecule has 2 N–H and O–H groups in total. The van der Waals surface area contributed by atoms with Crippen LogP contribution in [0.1, 0.15) is 23.4 Å². The predicted molar refractivity (Wildman–Crippen MR) is 114 cm³/mol. The third-order valence-electron chi connectivity index (χ3n) is 5.40. The fraction of sp³-hybridized carbons (Fsp3) is 0.300. The summed E-state index contributed by atoms with van der Waals surface area (Å²) in [6, 6.07) is 6.14. The highest BCUT2D eigenvalue weighted by molar-refractivity contribution is 7.99. The average molecular weight is 521 g/mol. The van der Waals surface area contributed by atoms with Crippen molar-refractivity contribution in [3.63, 3.8) is 0 Å². The van der Waals surface area contributed by atoms with Gasteiger partial charge in [-0.05, 0) is 42.3 Å². The molecule has 1 atom stereocenters. The van der Waals surface area contributed by atoms with Crippen molar-refractivity contribution in [2.24, 2.45) is 5.14 Å². The van der Waals surface area contributed by atoms with Gasteiger partial charge in [0.1, 0.15) is 17.5 Å². The Labute approximate surface area is 195 Å². The average Bonchev–Trinajstić information content (AvgIpc) is 3.27. The molecule has 34 heavy (non-hydrogen) atoms. The van der Waals surface area contributed by atoms with Gasteiger partial charge in [-0.2, -0.15) is 33.3 Å². The van der Waals surface area contributed by atoms with Gasteiger partial charge in [-0.1, -0.05) is 6.07 Å². The van der Waals surface area contributed by atoms with Gasteiger partial charge in [-0.3, -0.25) is 0 Å². The van der Waals surface area contributed by atoms with Crippen molar-refractivity contribution in [3.05, 3.63) is 70.9 Å². The minimum atomic E-state index is -4.40. The monoisotopic (exact) mass is 520 g/mol. The second kappa shape index (κ2) is 9.24. The molecule has 182 valence electrons. The van der Waals surface area contributed by atoms with Crippen molar-refractivity contribution in [1.82, 2.24) is 14.5 Å². The Balaban J connectivity index is 1.80. The molecule has 1 unspecified atom stereocenters. The fourth-order valence-corrected chi connectivity index (χ4v) is 6.39. The summed E-state index contributed by atoms with van der Waals surface area (Å²) in [5.41, 5.74) is -2.04. The molecular formula is C20H17F5N4O3S2. The molecule has 1 saturated heterocycles. The Bertz CT molecular complexity index is 1320. The van der Waals surface area contributed by atoms with Crippen molar-refractivity contribution in [2.75, 3.05) is 18.1 Å². The minimum absolute atomic E-state index is 0.00737. The molecule has 0 radical (unpaired) electrons. The topological polar surface area (TPSA) is 102 Å². The number of hydrogen-bond acceptors (Lipinski definition) is 6. The molecule has 1 aliphatic heterocycles. The Morgan fingerprint density at radius 3 is 2.53 bits per heavy atom. The second-order valence-corrected chi connectivity index (χ2v) is 10.1. The standard InChI is InChI=1S/C20H17F5N4O3S2/c21-13-3-4-15(22)14(8-13)20(10-33-6-5-29(20)34(26,30)31)9-12-2-1-11(7-16(12)23)18-27-28-19(32-18)17(24)25/h1-4,7-8,17H,5-6,9-10H2,(H2,26,30,31). The Kier molecular flexibility index (Phi) is 6.68. The van der Waals surface area contributed by atoms with E-state index in [9.17, 15) is 26.0 Å². The van der Waals surface area contributed by atoms with E-state index in [0.717, 1.165) is 28.6 Å². The first-order valence-electron chi connectivity index (χ1n) is 9.75. The maximum absolute atomic E-state index is 15.1. The van der Waals surface area contributed by atoms with E-state index in [-0.39, 0.29) is 41.3 Å². The minimum Gasteiger partial charge on any atom is -0.415 e. The molecule has 1 aliphatic rings. The van der Waals surface area contributed by atoms with Crippen LogP contribution in [0, 0.1) is 17.5 Å². The van der Waals surface area contributed by atoms with Crippen LogP contribution in [0.3, 0.4) is 0 Å². The van der Waals surface area contributed by atoms with Crippen molar-refractivity contribution in [1.29, 1.82) is 0 Å². The zero-order valence-corrected chi connectivity index (χ0v) is 18.9. The highest BCUT2D eigenvalue weighted by Gasteiger charge is 2.48. The van der Waals surface area contributed by atoms with Crippen molar-refractivity contribution in [2.45, 2.75) is 18.4 Å². The van der Waals surface area contributed by atoms with E-state index in [0.29, 0.717) is 5.75 Å². The summed E-state index contributed by atoms with van der Waals surface area (Å²) in [5, 5.41) is 12.1. The van der Waals surface area contributed by atoms with E-state index in [4.69, 9.17) is 9.56 Å². The summed E-state index contributed by atoms with van der Waals surface area (Å²) in [7, 11) is -4.40. The lowest BCUT2D eigenvalue weighted by Crippen LogP contribution is -2.58. The first kappa shape index (κ1) is 24.6. The molecule has 1 fully saturated rings. The van der Waals surface area contributed by atoms with Gasteiger partial charge in [0, 0.05) is 29.2 Å². The van der Waals surface area contributed by atoms with Gasteiger partial charge in [0.2, 0.25) is 5.89 Å². The number of nitrogens with two attached hydrogens (primary N) is 1. The smallest absolute Gasteiger partial charge is 0.314 e. The van der Waals surface area contributed by atoms with E-state index in [1.54, 1.807) is 0 Å². The quantitative estimate of drug-likeness (QED) is 0.497. The molecule has 0 saturated carbocycles. The van der Waals surface area contributed by atoms with E-state index in [1.807, 2.05) is 0 Å². The predicted octanol–water partition coefficient (Wildman–Crippen LogP) is 3.78. The van der Waals surface area contributed by atoms with Crippen molar-refractivity contribution < 1.29 is 34.8 Å². The third-order valence-corrected chi connectivity index (χ3v) is 7.70. The number of rotatable bonds is 6. The van der Waals surface area contributed by atoms with E-state index in [1.165, 1.54) is 23.9 Å². The molecule has 0 amide bonds. The van der Waals surface area contributed by atoms with E-state index < -0.39 is 45.5 Å². The summed E-state index contributed by atoms with van der Waals surface area (Å²) in [6.07, 6.45) is -3.38.